The third kappa shape index (κ3) is 2.21. The molecule has 5 heteroatoms. The Morgan fingerprint density at radius 3 is 2.80 bits per heavy atom. The predicted molar refractivity (Wildman–Crippen MR) is 80.2 cm³/mol. The minimum Gasteiger partial charge on any atom is -0.495 e. The van der Waals surface area contributed by atoms with Crippen molar-refractivity contribution in [2.24, 2.45) is 0 Å². The maximum Gasteiger partial charge on any atom is 0.142 e. The third-order valence-electron chi connectivity index (χ3n) is 3.02. The van der Waals surface area contributed by atoms with Crippen molar-refractivity contribution in [2.75, 3.05) is 18.2 Å². The number of ether oxygens (including phenoxy) is 1. The zero-order valence-electron chi connectivity index (χ0n) is 11.0. The summed E-state index contributed by atoms with van der Waals surface area (Å²) >= 11 is 0. The number of rotatable bonds is 3. The fraction of sp³-hybridized carbons (Fsp3) is 0.0667. The van der Waals surface area contributed by atoms with Gasteiger partial charge in [-0.3, -0.25) is 0 Å². The van der Waals surface area contributed by atoms with Gasteiger partial charge in [0.1, 0.15) is 17.9 Å². The summed E-state index contributed by atoms with van der Waals surface area (Å²) in [5.74, 6) is 1.48. The van der Waals surface area contributed by atoms with Crippen LogP contribution in [-0.4, -0.2) is 17.1 Å². The normalized spacial score (nSPS) is 10.4. The molecule has 1 heterocycles. The van der Waals surface area contributed by atoms with E-state index in [2.05, 4.69) is 15.3 Å². The molecule has 0 radical (unpaired) electrons. The fourth-order valence-corrected chi connectivity index (χ4v) is 2.05. The molecule has 0 saturated heterocycles. The lowest BCUT2D eigenvalue weighted by molar-refractivity contribution is 0.417. The first-order valence-corrected chi connectivity index (χ1v) is 6.18. The summed E-state index contributed by atoms with van der Waals surface area (Å²) in [5.41, 5.74) is 8.11. The van der Waals surface area contributed by atoms with E-state index < -0.39 is 0 Å². The van der Waals surface area contributed by atoms with E-state index in [9.17, 15) is 0 Å². The van der Waals surface area contributed by atoms with Crippen LogP contribution >= 0.6 is 0 Å². The van der Waals surface area contributed by atoms with E-state index in [4.69, 9.17) is 10.5 Å². The van der Waals surface area contributed by atoms with Crippen LogP contribution in [0.15, 0.2) is 48.8 Å². The molecule has 20 heavy (non-hydrogen) atoms. The van der Waals surface area contributed by atoms with Gasteiger partial charge in [-0.25, -0.2) is 9.97 Å². The molecule has 3 N–H and O–H groups in total. The summed E-state index contributed by atoms with van der Waals surface area (Å²) in [5, 5.41) is 4.18. The van der Waals surface area contributed by atoms with Crippen LogP contribution in [0.5, 0.6) is 5.75 Å². The van der Waals surface area contributed by atoms with Crippen molar-refractivity contribution in [3.63, 3.8) is 0 Å². The Labute approximate surface area is 116 Å². The second-order valence-corrected chi connectivity index (χ2v) is 4.32. The molecule has 1 aromatic heterocycles. The number of para-hydroxylation sites is 2. The van der Waals surface area contributed by atoms with Gasteiger partial charge in [0.15, 0.2) is 0 Å². The van der Waals surface area contributed by atoms with E-state index in [-0.39, 0.29) is 0 Å². The van der Waals surface area contributed by atoms with Crippen molar-refractivity contribution in [1.29, 1.82) is 0 Å². The Morgan fingerprint density at radius 1 is 1.10 bits per heavy atom. The van der Waals surface area contributed by atoms with Gasteiger partial charge in [0.05, 0.1) is 18.3 Å². The Hall–Kier alpha value is -2.82. The first kappa shape index (κ1) is 12.2. The number of methoxy groups -OCH3 is 1. The van der Waals surface area contributed by atoms with Crippen LogP contribution in [0.25, 0.3) is 10.9 Å². The van der Waals surface area contributed by atoms with Gasteiger partial charge in [0.25, 0.3) is 0 Å². The Balaban J connectivity index is 2.07. The number of anilines is 3. The monoisotopic (exact) mass is 266 g/mol. The molecule has 0 spiro atoms. The average Bonchev–Trinajstić information content (AvgIpc) is 2.47. The van der Waals surface area contributed by atoms with E-state index in [0.29, 0.717) is 5.69 Å². The quantitative estimate of drug-likeness (QED) is 0.713. The number of nitrogens with zero attached hydrogens (tertiary/aromatic N) is 2. The highest BCUT2D eigenvalue weighted by Crippen LogP contribution is 2.29. The van der Waals surface area contributed by atoms with Crippen LogP contribution in [0.3, 0.4) is 0 Å². The van der Waals surface area contributed by atoms with E-state index in [1.165, 1.54) is 6.33 Å². The van der Waals surface area contributed by atoms with Crippen LogP contribution in [-0.2, 0) is 0 Å². The van der Waals surface area contributed by atoms with E-state index in [0.717, 1.165) is 28.2 Å². The third-order valence-corrected chi connectivity index (χ3v) is 3.02. The molecular weight excluding hydrogens is 252 g/mol. The van der Waals surface area contributed by atoms with Crippen LogP contribution in [0.4, 0.5) is 17.2 Å². The molecule has 3 aromatic rings. The number of hydrogen-bond donors (Lipinski definition) is 2. The molecule has 2 aromatic carbocycles. The van der Waals surface area contributed by atoms with Crippen LogP contribution in [0, 0.1) is 0 Å². The van der Waals surface area contributed by atoms with Crippen molar-refractivity contribution in [1.82, 2.24) is 9.97 Å². The standard InChI is InChI=1S/C15H14N4O/c1-20-14-5-3-2-4-12(14)19-15-11-7-6-10(16)8-13(11)17-9-18-15/h2-9H,16H2,1H3,(H,17,18,19). The Morgan fingerprint density at radius 2 is 1.95 bits per heavy atom. The van der Waals surface area contributed by atoms with Crippen molar-refractivity contribution in [3.8, 4) is 5.75 Å². The first-order valence-electron chi connectivity index (χ1n) is 6.18. The minimum absolute atomic E-state index is 0.680. The number of hydrogen-bond acceptors (Lipinski definition) is 5. The molecule has 5 nitrogen and oxygen atoms in total. The zero-order valence-corrected chi connectivity index (χ0v) is 11.0. The lowest BCUT2D eigenvalue weighted by Crippen LogP contribution is -1.98. The van der Waals surface area contributed by atoms with Crippen molar-refractivity contribution >= 4 is 28.1 Å². The van der Waals surface area contributed by atoms with E-state index >= 15 is 0 Å². The highest BCUT2D eigenvalue weighted by Gasteiger charge is 2.07. The summed E-state index contributed by atoms with van der Waals surface area (Å²) in [4.78, 5) is 8.51. The molecular formula is C15H14N4O. The molecule has 0 aliphatic heterocycles. The van der Waals surface area contributed by atoms with E-state index in [1.807, 2.05) is 42.5 Å². The molecule has 0 amide bonds. The number of fused-ring (bicyclic) bond motifs is 1. The maximum absolute atomic E-state index is 5.77. The smallest absolute Gasteiger partial charge is 0.142 e. The Bertz CT molecular complexity index is 758. The Kier molecular flexibility index (Phi) is 3.09. The molecule has 3 rings (SSSR count). The average molecular weight is 266 g/mol. The van der Waals surface area contributed by atoms with Gasteiger partial charge in [-0.2, -0.15) is 0 Å². The zero-order chi connectivity index (χ0) is 13.9. The summed E-state index contributed by atoms with van der Waals surface area (Å²) in [6, 6.07) is 13.2. The predicted octanol–water partition coefficient (Wildman–Crippen LogP) is 2.96. The molecule has 100 valence electrons. The van der Waals surface area contributed by atoms with E-state index in [1.54, 1.807) is 7.11 Å². The number of nitrogens with two attached hydrogens (primary N) is 1. The van der Waals surface area contributed by atoms with Crippen molar-refractivity contribution in [2.45, 2.75) is 0 Å². The summed E-state index contributed by atoms with van der Waals surface area (Å²) < 4.78 is 5.32. The minimum atomic E-state index is 0.680. The molecule has 0 fully saturated rings. The molecule has 0 aliphatic carbocycles. The molecule has 0 aliphatic rings. The highest BCUT2D eigenvalue weighted by atomic mass is 16.5. The summed E-state index contributed by atoms with van der Waals surface area (Å²) in [7, 11) is 1.64. The van der Waals surface area contributed by atoms with Gasteiger partial charge in [-0.05, 0) is 30.3 Å². The lowest BCUT2D eigenvalue weighted by Gasteiger charge is -2.11. The SMILES string of the molecule is COc1ccccc1Nc1ncnc2cc(N)ccc12. The molecule has 0 unspecified atom stereocenters. The topological polar surface area (TPSA) is 73.1 Å². The van der Waals surface area contributed by atoms with Crippen LogP contribution in [0.2, 0.25) is 0 Å². The van der Waals surface area contributed by atoms with Gasteiger partial charge >= 0.3 is 0 Å². The van der Waals surface area contributed by atoms with Gasteiger partial charge in [0.2, 0.25) is 0 Å². The second kappa shape index (κ2) is 5.05. The second-order valence-electron chi connectivity index (χ2n) is 4.32. The molecule has 0 atom stereocenters. The fourth-order valence-electron chi connectivity index (χ4n) is 2.05. The summed E-state index contributed by atoms with van der Waals surface area (Å²) in [6.45, 7) is 0. The lowest BCUT2D eigenvalue weighted by atomic mass is 10.2. The molecule has 0 bridgehead atoms. The van der Waals surface area contributed by atoms with Gasteiger partial charge in [-0.1, -0.05) is 12.1 Å². The first-order chi connectivity index (χ1) is 9.78. The van der Waals surface area contributed by atoms with Gasteiger partial charge in [0, 0.05) is 11.1 Å². The van der Waals surface area contributed by atoms with Gasteiger partial charge in [-0.15, -0.1) is 0 Å². The number of nitrogen functional groups attached to an aromatic ring is 1. The van der Waals surface area contributed by atoms with Gasteiger partial charge < -0.3 is 15.8 Å². The molecule has 0 saturated carbocycles. The highest BCUT2D eigenvalue weighted by molar-refractivity contribution is 5.92. The van der Waals surface area contributed by atoms with Crippen LogP contribution < -0.4 is 15.8 Å². The summed E-state index contributed by atoms with van der Waals surface area (Å²) in [6.07, 6.45) is 1.51. The van der Waals surface area contributed by atoms with Crippen LogP contribution in [0.1, 0.15) is 0 Å². The number of benzene rings is 2. The largest absolute Gasteiger partial charge is 0.495 e. The van der Waals surface area contributed by atoms with Crippen molar-refractivity contribution in [3.05, 3.63) is 48.8 Å². The van der Waals surface area contributed by atoms with Crippen molar-refractivity contribution < 1.29 is 4.74 Å². The number of nitrogens with one attached hydrogen (secondary N) is 1. The maximum atomic E-state index is 5.77. The number of aromatic nitrogens is 2.